The van der Waals surface area contributed by atoms with E-state index in [0.29, 0.717) is 6.54 Å². The largest absolute Gasteiger partial charge is 0.379 e. The summed E-state index contributed by atoms with van der Waals surface area (Å²) in [5, 5.41) is 10.0. The predicted molar refractivity (Wildman–Crippen MR) is 78.5 cm³/mol. The number of rotatable bonds is 5. The lowest BCUT2D eigenvalue weighted by Gasteiger charge is -2.10. The standard InChI is InChI=1S/C15H19N3O2/c1-10(2)15(19)17-13-6-4-5-12(8-13)16-9-14-7-11(3)20-18-14/h4-8,10,16H,9H2,1-3H3,(H,17,19). The van der Waals surface area contributed by atoms with Crippen LogP contribution in [-0.4, -0.2) is 11.1 Å². The van der Waals surface area contributed by atoms with E-state index in [2.05, 4.69) is 15.8 Å². The van der Waals surface area contributed by atoms with Gasteiger partial charge in [-0.25, -0.2) is 0 Å². The fourth-order valence-corrected chi connectivity index (χ4v) is 1.69. The van der Waals surface area contributed by atoms with Crippen molar-refractivity contribution in [1.82, 2.24) is 5.16 Å². The van der Waals surface area contributed by atoms with Crippen molar-refractivity contribution in [2.75, 3.05) is 10.6 Å². The molecule has 0 aliphatic carbocycles. The molecule has 1 heterocycles. The van der Waals surface area contributed by atoms with Gasteiger partial charge in [0, 0.05) is 23.4 Å². The van der Waals surface area contributed by atoms with E-state index < -0.39 is 0 Å². The molecule has 0 fully saturated rings. The number of nitrogens with one attached hydrogen (secondary N) is 2. The third-order valence-corrected chi connectivity index (χ3v) is 2.80. The van der Waals surface area contributed by atoms with Gasteiger partial charge in [0.1, 0.15) is 11.5 Å². The van der Waals surface area contributed by atoms with Crippen molar-refractivity contribution in [2.24, 2.45) is 5.92 Å². The molecule has 0 saturated carbocycles. The van der Waals surface area contributed by atoms with Gasteiger partial charge in [-0.05, 0) is 25.1 Å². The van der Waals surface area contributed by atoms with Crippen molar-refractivity contribution in [3.8, 4) is 0 Å². The molecule has 5 nitrogen and oxygen atoms in total. The highest BCUT2D eigenvalue weighted by atomic mass is 16.5. The van der Waals surface area contributed by atoms with Gasteiger partial charge in [0.2, 0.25) is 5.91 Å². The van der Waals surface area contributed by atoms with Gasteiger partial charge in [-0.3, -0.25) is 4.79 Å². The number of anilines is 2. The maximum atomic E-state index is 11.7. The van der Waals surface area contributed by atoms with E-state index in [1.807, 2.05) is 51.1 Å². The third kappa shape index (κ3) is 3.85. The van der Waals surface area contributed by atoms with Crippen LogP contribution in [0.1, 0.15) is 25.3 Å². The van der Waals surface area contributed by atoms with Crippen LogP contribution in [0.3, 0.4) is 0 Å². The summed E-state index contributed by atoms with van der Waals surface area (Å²) in [5.74, 6) is 0.763. The molecule has 2 rings (SSSR count). The number of carbonyl (C=O) groups is 1. The third-order valence-electron chi connectivity index (χ3n) is 2.80. The fraction of sp³-hybridized carbons (Fsp3) is 0.333. The predicted octanol–water partition coefficient (Wildman–Crippen LogP) is 3.19. The van der Waals surface area contributed by atoms with E-state index in [4.69, 9.17) is 4.52 Å². The first-order chi connectivity index (χ1) is 9.54. The SMILES string of the molecule is Cc1cc(CNc2cccc(NC(=O)C(C)C)c2)no1. The first kappa shape index (κ1) is 14.1. The Kier molecular flexibility index (Phi) is 4.40. The summed E-state index contributed by atoms with van der Waals surface area (Å²) in [6.45, 7) is 6.17. The monoisotopic (exact) mass is 273 g/mol. The second-order valence-corrected chi connectivity index (χ2v) is 5.01. The molecule has 5 heteroatoms. The number of amides is 1. The van der Waals surface area contributed by atoms with E-state index in [1.165, 1.54) is 0 Å². The van der Waals surface area contributed by atoms with Crippen LogP contribution in [0.4, 0.5) is 11.4 Å². The quantitative estimate of drug-likeness (QED) is 0.878. The van der Waals surface area contributed by atoms with Crippen molar-refractivity contribution < 1.29 is 9.32 Å². The Morgan fingerprint density at radius 2 is 2.05 bits per heavy atom. The molecular weight excluding hydrogens is 254 g/mol. The van der Waals surface area contributed by atoms with Gasteiger partial charge in [0.05, 0.1) is 6.54 Å². The minimum atomic E-state index is -0.0373. The van der Waals surface area contributed by atoms with E-state index in [9.17, 15) is 4.79 Å². The van der Waals surface area contributed by atoms with Crippen LogP contribution >= 0.6 is 0 Å². The smallest absolute Gasteiger partial charge is 0.226 e. The number of aromatic nitrogens is 1. The molecule has 106 valence electrons. The molecule has 0 aliphatic rings. The van der Waals surface area contributed by atoms with Crippen molar-refractivity contribution >= 4 is 17.3 Å². The lowest BCUT2D eigenvalue weighted by atomic mass is 10.2. The molecule has 2 N–H and O–H groups in total. The Morgan fingerprint density at radius 3 is 2.70 bits per heavy atom. The molecule has 0 spiro atoms. The van der Waals surface area contributed by atoms with Gasteiger partial charge < -0.3 is 15.2 Å². The van der Waals surface area contributed by atoms with Gasteiger partial charge in [-0.2, -0.15) is 0 Å². The van der Waals surface area contributed by atoms with Crippen LogP contribution in [0.15, 0.2) is 34.9 Å². The summed E-state index contributed by atoms with van der Waals surface area (Å²) in [5.41, 5.74) is 2.55. The van der Waals surface area contributed by atoms with Gasteiger partial charge >= 0.3 is 0 Å². The summed E-state index contributed by atoms with van der Waals surface area (Å²) < 4.78 is 5.01. The minimum absolute atomic E-state index is 0.00859. The zero-order valence-corrected chi connectivity index (χ0v) is 11.9. The van der Waals surface area contributed by atoms with Crippen molar-refractivity contribution in [2.45, 2.75) is 27.3 Å². The zero-order valence-electron chi connectivity index (χ0n) is 11.9. The summed E-state index contributed by atoms with van der Waals surface area (Å²) in [7, 11) is 0. The van der Waals surface area contributed by atoms with Crippen molar-refractivity contribution in [1.29, 1.82) is 0 Å². The van der Waals surface area contributed by atoms with Crippen LogP contribution < -0.4 is 10.6 Å². The van der Waals surface area contributed by atoms with Gasteiger partial charge in [0.25, 0.3) is 0 Å². The lowest BCUT2D eigenvalue weighted by Crippen LogP contribution is -2.17. The highest BCUT2D eigenvalue weighted by Gasteiger charge is 2.07. The number of hydrogen-bond donors (Lipinski definition) is 2. The first-order valence-electron chi connectivity index (χ1n) is 6.61. The van der Waals surface area contributed by atoms with E-state index in [-0.39, 0.29) is 11.8 Å². The maximum absolute atomic E-state index is 11.7. The number of aryl methyl sites for hydroxylation is 1. The summed E-state index contributed by atoms with van der Waals surface area (Å²) in [6, 6.07) is 9.49. The second-order valence-electron chi connectivity index (χ2n) is 5.01. The van der Waals surface area contributed by atoms with Crippen molar-refractivity contribution in [3.63, 3.8) is 0 Å². The zero-order chi connectivity index (χ0) is 14.5. The Labute approximate surface area is 118 Å². The van der Waals surface area contributed by atoms with Crippen LogP contribution in [-0.2, 0) is 11.3 Å². The molecule has 0 atom stereocenters. The second kappa shape index (κ2) is 6.23. The Bertz CT molecular complexity index is 590. The minimum Gasteiger partial charge on any atom is -0.379 e. The molecule has 0 aliphatic heterocycles. The summed E-state index contributed by atoms with van der Waals surface area (Å²) in [4.78, 5) is 11.7. The van der Waals surface area contributed by atoms with Crippen LogP contribution in [0.25, 0.3) is 0 Å². The molecular formula is C15H19N3O2. The first-order valence-corrected chi connectivity index (χ1v) is 6.61. The van der Waals surface area contributed by atoms with Gasteiger partial charge in [0.15, 0.2) is 0 Å². The fourth-order valence-electron chi connectivity index (χ4n) is 1.69. The average Bonchev–Trinajstić information content (AvgIpc) is 2.82. The molecule has 1 aromatic heterocycles. The van der Waals surface area contributed by atoms with E-state index >= 15 is 0 Å². The number of nitrogens with zero attached hydrogens (tertiary/aromatic N) is 1. The van der Waals surface area contributed by atoms with E-state index in [0.717, 1.165) is 22.8 Å². The number of hydrogen-bond acceptors (Lipinski definition) is 4. The highest BCUT2D eigenvalue weighted by Crippen LogP contribution is 2.16. The molecule has 1 aromatic carbocycles. The van der Waals surface area contributed by atoms with Crippen LogP contribution in [0.5, 0.6) is 0 Å². The molecule has 0 saturated heterocycles. The van der Waals surface area contributed by atoms with Crippen LogP contribution in [0, 0.1) is 12.8 Å². The number of carbonyl (C=O) groups excluding carboxylic acids is 1. The Morgan fingerprint density at radius 1 is 1.30 bits per heavy atom. The van der Waals surface area contributed by atoms with Gasteiger partial charge in [-0.1, -0.05) is 25.1 Å². The van der Waals surface area contributed by atoms with Crippen molar-refractivity contribution in [3.05, 3.63) is 41.8 Å². The molecule has 2 aromatic rings. The molecule has 0 bridgehead atoms. The molecule has 0 unspecified atom stereocenters. The Hall–Kier alpha value is -2.30. The average molecular weight is 273 g/mol. The number of benzene rings is 1. The summed E-state index contributed by atoms with van der Waals surface area (Å²) in [6.07, 6.45) is 0. The highest BCUT2D eigenvalue weighted by molar-refractivity contribution is 5.92. The molecule has 20 heavy (non-hydrogen) atoms. The lowest BCUT2D eigenvalue weighted by molar-refractivity contribution is -0.118. The summed E-state index contributed by atoms with van der Waals surface area (Å²) >= 11 is 0. The topological polar surface area (TPSA) is 67.2 Å². The Balaban J connectivity index is 1.97. The van der Waals surface area contributed by atoms with Gasteiger partial charge in [-0.15, -0.1) is 0 Å². The van der Waals surface area contributed by atoms with E-state index in [1.54, 1.807) is 0 Å². The normalized spacial score (nSPS) is 10.6. The molecule has 1 amide bonds. The maximum Gasteiger partial charge on any atom is 0.226 e. The van der Waals surface area contributed by atoms with Crippen LogP contribution in [0.2, 0.25) is 0 Å². The molecule has 0 radical (unpaired) electrons.